The van der Waals surface area contributed by atoms with Crippen LogP contribution in [0.15, 0.2) is 18.3 Å². The minimum Gasteiger partial charge on any atom is -0.384 e. The molecule has 3 aliphatic rings. The van der Waals surface area contributed by atoms with Crippen LogP contribution in [0.2, 0.25) is 0 Å². The van der Waals surface area contributed by atoms with Crippen molar-refractivity contribution >= 4 is 21.9 Å². The van der Waals surface area contributed by atoms with E-state index in [9.17, 15) is 13.2 Å². The van der Waals surface area contributed by atoms with E-state index in [4.69, 9.17) is 10.5 Å². The molecule has 10 heteroatoms. The van der Waals surface area contributed by atoms with Gasteiger partial charge in [0.05, 0.1) is 23.8 Å². The normalized spacial score (nSPS) is 32.3. The monoisotopic (exact) mass is 395 g/mol. The Morgan fingerprint density at radius 3 is 2.93 bits per heavy atom. The van der Waals surface area contributed by atoms with Crippen LogP contribution in [0.3, 0.4) is 0 Å². The molecule has 0 unspecified atom stereocenters. The lowest BCUT2D eigenvalue weighted by Crippen LogP contribution is -2.44. The van der Waals surface area contributed by atoms with Gasteiger partial charge in [-0.25, -0.2) is 9.71 Å². The average molecular weight is 395 g/mol. The fourth-order valence-corrected chi connectivity index (χ4v) is 5.32. The molecule has 4 atom stereocenters. The van der Waals surface area contributed by atoms with E-state index in [1.165, 1.54) is 20.3 Å². The van der Waals surface area contributed by atoms with Gasteiger partial charge in [0.2, 0.25) is 0 Å². The molecule has 4 rings (SSSR count). The predicted molar refractivity (Wildman–Crippen MR) is 99.0 cm³/mol. The lowest BCUT2D eigenvalue weighted by molar-refractivity contribution is 0.00324. The van der Waals surface area contributed by atoms with Gasteiger partial charge in [-0.1, -0.05) is 0 Å². The molecular weight excluding hydrogens is 370 g/mol. The molecule has 4 heterocycles. The van der Waals surface area contributed by atoms with Gasteiger partial charge in [0.25, 0.3) is 16.1 Å². The lowest BCUT2D eigenvalue weighted by Gasteiger charge is -2.29. The van der Waals surface area contributed by atoms with Crippen LogP contribution in [0, 0.1) is 11.8 Å². The SMILES string of the molecule is CN(C)S(=O)(=O)NC[C@H]1[C@H]2CN(C(=O)c3ccc(N)nc3)C[C@]23CC[C@H]1O3. The van der Waals surface area contributed by atoms with Crippen molar-refractivity contribution in [2.45, 2.75) is 24.5 Å². The number of fused-ring (bicyclic) bond motifs is 1. The molecule has 3 aliphatic heterocycles. The summed E-state index contributed by atoms with van der Waals surface area (Å²) in [6.45, 7) is 1.42. The van der Waals surface area contributed by atoms with Crippen LogP contribution >= 0.6 is 0 Å². The number of pyridine rings is 1. The molecule has 27 heavy (non-hydrogen) atoms. The first kappa shape index (κ1) is 18.6. The van der Waals surface area contributed by atoms with Crippen molar-refractivity contribution in [3.8, 4) is 0 Å². The van der Waals surface area contributed by atoms with Crippen molar-refractivity contribution in [3.05, 3.63) is 23.9 Å². The Kier molecular flexibility index (Phi) is 4.41. The van der Waals surface area contributed by atoms with E-state index in [0.717, 1.165) is 17.1 Å². The second-order valence-corrected chi connectivity index (χ2v) is 9.79. The molecule has 1 amide bonds. The quantitative estimate of drug-likeness (QED) is 0.705. The molecule has 3 fully saturated rings. The van der Waals surface area contributed by atoms with E-state index in [2.05, 4.69) is 9.71 Å². The van der Waals surface area contributed by atoms with E-state index < -0.39 is 10.2 Å². The highest BCUT2D eigenvalue weighted by atomic mass is 32.2. The second-order valence-electron chi connectivity index (χ2n) is 7.82. The summed E-state index contributed by atoms with van der Waals surface area (Å²) in [6.07, 6.45) is 3.35. The number of carbonyl (C=O) groups excluding carboxylic acids is 1. The predicted octanol–water partition coefficient (Wildman–Crippen LogP) is -0.321. The Hall–Kier alpha value is -1.75. The van der Waals surface area contributed by atoms with Crippen molar-refractivity contribution in [2.75, 3.05) is 39.5 Å². The number of rotatable bonds is 5. The molecule has 2 bridgehead atoms. The highest BCUT2D eigenvalue weighted by molar-refractivity contribution is 7.87. The largest absolute Gasteiger partial charge is 0.384 e. The van der Waals surface area contributed by atoms with Gasteiger partial charge >= 0.3 is 0 Å². The Labute approximate surface area is 159 Å². The third-order valence-electron chi connectivity index (χ3n) is 6.09. The molecule has 0 aliphatic carbocycles. The number of nitrogens with two attached hydrogens (primary N) is 1. The number of likely N-dealkylation sites (tertiary alicyclic amines) is 1. The van der Waals surface area contributed by atoms with Crippen LogP contribution < -0.4 is 10.5 Å². The van der Waals surface area contributed by atoms with E-state index in [1.54, 1.807) is 17.0 Å². The molecule has 0 saturated carbocycles. The van der Waals surface area contributed by atoms with Crippen LogP contribution in [0.5, 0.6) is 0 Å². The molecule has 0 radical (unpaired) electrons. The Morgan fingerprint density at radius 2 is 2.26 bits per heavy atom. The molecule has 1 spiro atoms. The van der Waals surface area contributed by atoms with Gasteiger partial charge in [-0.2, -0.15) is 12.7 Å². The second kappa shape index (κ2) is 6.40. The number of ether oxygens (including phenoxy) is 1. The molecule has 9 nitrogen and oxygen atoms in total. The molecular formula is C17H25N5O4S. The molecule has 1 aromatic heterocycles. The summed E-state index contributed by atoms with van der Waals surface area (Å²) in [5.74, 6) is 0.479. The van der Waals surface area contributed by atoms with Crippen LogP contribution in [0.4, 0.5) is 5.82 Å². The van der Waals surface area contributed by atoms with Gasteiger partial charge in [-0.3, -0.25) is 4.79 Å². The maximum Gasteiger partial charge on any atom is 0.278 e. The van der Waals surface area contributed by atoms with Crippen molar-refractivity contribution in [1.82, 2.24) is 18.9 Å². The number of hydrogen-bond donors (Lipinski definition) is 2. The smallest absolute Gasteiger partial charge is 0.278 e. The lowest BCUT2D eigenvalue weighted by atomic mass is 9.74. The first-order valence-electron chi connectivity index (χ1n) is 9.08. The summed E-state index contributed by atoms with van der Waals surface area (Å²) < 4.78 is 34.2. The number of hydrogen-bond acceptors (Lipinski definition) is 6. The van der Waals surface area contributed by atoms with Gasteiger partial charge in [-0.15, -0.1) is 0 Å². The summed E-state index contributed by atoms with van der Waals surface area (Å²) in [5.41, 5.74) is 5.74. The summed E-state index contributed by atoms with van der Waals surface area (Å²) in [5, 5.41) is 0. The van der Waals surface area contributed by atoms with Crippen molar-refractivity contribution in [1.29, 1.82) is 0 Å². The van der Waals surface area contributed by atoms with Crippen LogP contribution in [-0.4, -0.2) is 73.9 Å². The van der Waals surface area contributed by atoms with Crippen LogP contribution in [0.1, 0.15) is 23.2 Å². The number of nitrogens with one attached hydrogen (secondary N) is 1. The van der Waals surface area contributed by atoms with Gasteiger partial charge in [0.15, 0.2) is 0 Å². The number of amides is 1. The zero-order chi connectivity index (χ0) is 19.4. The molecule has 3 saturated heterocycles. The first-order chi connectivity index (χ1) is 12.7. The fourth-order valence-electron chi connectivity index (χ4n) is 4.66. The number of nitrogens with zero attached hydrogens (tertiary/aromatic N) is 3. The maximum absolute atomic E-state index is 12.8. The number of carbonyl (C=O) groups is 1. The average Bonchev–Trinajstić information content (AvgIpc) is 3.28. The van der Waals surface area contributed by atoms with Crippen LogP contribution in [0.25, 0.3) is 0 Å². The number of anilines is 1. The zero-order valence-corrected chi connectivity index (χ0v) is 16.3. The molecule has 1 aromatic rings. The third kappa shape index (κ3) is 3.10. The summed E-state index contributed by atoms with van der Waals surface area (Å²) in [7, 11) is -0.488. The van der Waals surface area contributed by atoms with E-state index in [1.807, 2.05) is 0 Å². The fraction of sp³-hybridized carbons (Fsp3) is 0.647. The molecule has 0 aromatic carbocycles. The Bertz CT molecular complexity index is 843. The van der Waals surface area contributed by atoms with Gasteiger partial charge in [0.1, 0.15) is 5.82 Å². The Morgan fingerprint density at radius 1 is 1.48 bits per heavy atom. The van der Waals surface area contributed by atoms with E-state index in [-0.39, 0.29) is 29.4 Å². The first-order valence-corrected chi connectivity index (χ1v) is 10.5. The topological polar surface area (TPSA) is 118 Å². The van der Waals surface area contributed by atoms with Gasteiger partial charge < -0.3 is 15.4 Å². The van der Waals surface area contributed by atoms with E-state index in [0.29, 0.717) is 31.0 Å². The minimum absolute atomic E-state index is 0.0512. The molecule has 3 N–H and O–H groups in total. The Balaban J connectivity index is 1.49. The van der Waals surface area contributed by atoms with Crippen molar-refractivity contribution < 1.29 is 17.9 Å². The van der Waals surface area contributed by atoms with Crippen molar-refractivity contribution in [2.24, 2.45) is 11.8 Å². The maximum atomic E-state index is 12.8. The summed E-state index contributed by atoms with van der Waals surface area (Å²) in [6, 6.07) is 3.29. The number of nitrogen functional groups attached to an aromatic ring is 1. The van der Waals surface area contributed by atoms with E-state index >= 15 is 0 Å². The zero-order valence-electron chi connectivity index (χ0n) is 15.5. The van der Waals surface area contributed by atoms with Crippen LogP contribution in [-0.2, 0) is 14.9 Å². The summed E-state index contributed by atoms with van der Waals surface area (Å²) >= 11 is 0. The highest BCUT2D eigenvalue weighted by Gasteiger charge is 2.63. The number of aromatic nitrogens is 1. The van der Waals surface area contributed by atoms with Gasteiger partial charge in [0, 0.05) is 45.2 Å². The molecule has 148 valence electrons. The highest BCUT2D eigenvalue weighted by Crippen LogP contribution is 2.54. The standard InChI is InChI=1S/C17H25N5O4S/c1-21(2)27(24,25)20-8-12-13-9-22(10-17(13)6-5-14(12)26-17)16(23)11-3-4-15(18)19-7-11/h3-4,7,12-14,20H,5-6,8-10H2,1-2H3,(H2,18,19)/t12-,13+,14+,17+/m0/s1. The van der Waals surface area contributed by atoms with Gasteiger partial charge in [-0.05, 0) is 25.0 Å². The minimum atomic E-state index is -3.48. The third-order valence-corrected chi connectivity index (χ3v) is 7.58. The summed E-state index contributed by atoms with van der Waals surface area (Å²) in [4.78, 5) is 18.6. The van der Waals surface area contributed by atoms with Crippen molar-refractivity contribution in [3.63, 3.8) is 0 Å².